The second-order valence-electron chi connectivity index (χ2n) is 7.20. The third-order valence-electron chi connectivity index (χ3n) is 5.24. The molecular formula is C21H29N3O2. The Bertz CT molecular complexity index is 618. The van der Waals surface area contributed by atoms with Crippen LogP contribution in [-0.4, -0.2) is 29.8 Å². The zero-order valence-corrected chi connectivity index (χ0v) is 15.4. The maximum atomic E-state index is 12.9. The van der Waals surface area contributed by atoms with Crippen molar-refractivity contribution in [3.8, 4) is 6.07 Å². The molecule has 1 aromatic carbocycles. The van der Waals surface area contributed by atoms with Crippen LogP contribution in [0.3, 0.4) is 0 Å². The van der Waals surface area contributed by atoms with Gasteiger partial charge in [-0.15, -0.1) is 0 Å². The largest absolute Gasteiger partial charge is 0.369 e. The molecule has 0 aromatic heterocycles. The van der Waals surface area contributed by atoms with E-state index in [1.807, 2.05) is 36.4 Å². The number of amides is 2. The average Bonchev–Trinajstić information content (AvgIpc) is 2.66. The first-order chi connectivity index (χ1) is 12.6. The monoisotopic (exact) mass is 355 g/mol. The first-order valence-electron chi connectivity index (χ1n) is 9.60. The maximum absolute atomic E-state index is 12.9. The van der Waals surface area contributed by atoms with E-state index in [0.29, 0.717) is 18.9 Å². The lowest BCUT2D eigenvalue weighted by atomic mass is 9.82. The molecule has 0 saturated heterocycles. The van der Waals surface area contributed by atoms with Gasteiger partial charge in [0.05, 0.1) is 6.07 Å². The molecule has 1 unspecified atom stereocenters. The van der Waals surface area contributed by atoms with E-state index in [4.69, 9.17) is 11.0 Å². The summed E-state index contributed by atoms with van der Waals surface area (Å²) in [7, 11) is 0. The standard InChI is InChI=1S/C21H29N3O2/c22-13-15-24(14-7-12-17-8-3-1-4-9-17)21(26)19(20(23)25)16-18-10-5-2-6-11-18/h1,3-4,8-9,18-19H,2,5-7,10-12,14-16H2,(H2,23,25). The van der Waals surface area contributed by atoms with Crippen molar-refractivity contribution >= 4 is 11.8 Å². The van der Waals surface area contributed by atoms with Gasteiger partial charge in [-0.1, -0.05) is 62.4 Å². The van der Waals surface area contributed by atoms with Crippen molar-refractivity contribution in [2.45, 2.75) is 51.4 Å². The van der Waals surface area contributed by atoms with E-state index in [2.05, 4.69) is 0 Å². The molecule has 0 spiro atoms. The molecule has 0 bridgehead atoms. The van der Waals surface area contributed by atoms with Gasteiger partial charge in [0.1, 0.15) is 12.5 Å². The van der Waals surface area contributed by atoms with E-state index in [9.17, 15) is 9.59 Å². The highest BCUT2D eigenvalue weighted by Crippen LogP contribution is 2.29. The molecule has 1 aromatic rings. The predicted octanol–water partition coefficient (Wildman–Crippen LogP) is 3.04. The lowest BCUT2D eigenvalue weighted by molar-refractivity contribution is -0.141. The van der Waals surface area contributed by atoms with Gasteiger partial charge >= 0.3 is 0 Å². The summed E-state index contributed by atoms with van der Waals surface area (Å²) in [6, 6.07) is 12.1. The van der Waals surface area contributed by atoms with Gasteiger partial charge in [-0.3, -0.25) is 9.59 Å². The Labute approximate surface area is 156 Å². The van der Waals surface area contributed by atoms with Crippen molar-refractivity contribution in [3.05, 3.63) is 35.9 Å². The molecule has 1 saturated carbocycles. The van der Waals surface area contributed by atoms with Gasteiger partial charge in [0.15, 0.2) is 0 Å². The fourth-order valence-corrected chi connectivity index (χ4v) is 3.79. The third-order valence-corrected chi connectivity index (χ3v) is 5.24. The van der Waals surface area contributed by atoms with Crippen LogP contribution >= 0.6 is 0 Å². The fraction of sp³-hybridized carbons (Fsp3) is 0.571. The van der Waals surface area contributed by atoms with Crippen LogP contribution in [0.15, 0.2) is 30.3 Å². The quantitative estimate of drug-likeness (QED) is 0.545. The molecule has 1 aliphatic carbocycles. The Morgan fingerprint density at radius 3 is 2.50 bits per heavy atom. The number of hydrogen-bond acceptors (Lipinski definition) is 3. The van der Waals surface area contributed by atoms with Crippen LogP contribution in [0, 0.1) is 23.2 Å². The second-order valence-corrected chi connectivity index (χ2v) is 7.20. The summed E-state index contributed by atoms with van der Waals surface area (Å²) in [6.45, 7) is 0.470. The van der Waals surface area contributed by atoms with Crippen molar-refractivity contribution in [2.24, 2.45) is 17.6 Å². The number of primary amides is 1. The average molecular weight is 355 g/mol. The molecule has 1 atom stereocenters. The van der Waals surface area contributed by atoms with Crippen molar-refractivity contribution in [1.29, 1.82) is 5.26 Å². The molecule has 5 nitrogen and oxygen atoms in total. The molecule has 26 heavy (non-hydrogen) atoms. The van der Waals surface area contributed by atoms with Crippen molar-refractivity contribution in [1.82, 2.24) is 4.90 Å². The molecule has 0 radical (unpaired) electrons. The lowest BCUT2D eigenvalue weighted by Crippen LogP contribution is -2.43. The molecule has 0 heterocycles. The minimum atomic E-state index is -0.803. The second kappa shape index (κ2) is 10.6. The molecule has 2 amide bonds. The van der Waals surface area contributed by atoms with Crippen LogP contribution in [0.2, 0.25) is 0 Å². The predicted molar refractivity (Wildman–Crippen MR) is 101 cm³/mol. The van der Waals surface area contributed by atoms with E-state index >= 15 is 0 Å². The van der Waals surface area contributed by atoms with Crippen LogP contribution in [0.25, 0.3) is 0 Å². The number of nitrogens with zero attached hydrogens (tertiary/aromatic N) is 2. The van der Waals surface area contributed by atoms with Gasteiger partial charge in [0, 0.05) is 6.54 Å². The van der Waals surface area contributed by atoms with E-state index in [1.54, 1.807) is 0 Å². The van der Waals surface area contributed by atoms with Gasteiger partial charge < -0.3 is 10.6 Å². The highest BCUT2D eigenvalue weighted by Gasteiger charge is 2.31. The first-order valence-corrected chi connectivity index (χ1v) is 9.60. The minimum Gasteiger partial charge on any atom is -0.369 e. The Kier molecular flexibility index (Phi) is 8.14. The number of aryl methyl sites for hydroxylation is 1. The van der Waals surface area contributed by atoms with Crippen LogP contribution in [0.5, 0.6) is 0 Å². The first kappa shape index (κ1) is 20.0. The zero-order valence-electron chi connectivity index (χ0n) is 15.4. The van der Waals surface area contributed by atoms with Gasteiger partial charge in [-0.25, -0.2) is 0 Å². The number of rotatable bonds is 9. The van der Waals surface area contributed by atoms with Crippen molar-refractivity contribution in [2.75, 3.05) is 13.1 Å². The highest BCUT2D eigenvalue weighted by atomic mass is 16.2. The third kappa shape index (κ3) is 6.18. The molecule has 2 rings (SSSR count). The molecule has 2 N–H and O–H groups in total. The Morgan fingerprint density at radius 1 is 1.19 bits per heavy atom. The van der Waals surface area contributed by atoms with Crippen molar-refractivity contribution in [3.63, 3.8) is 0 Å². The van der Waals surface area contributed by atoms with Crippen LogP contribution < -0.4 is 5.73 Å². The number of nitrogens with two attached hydrogens (primary N) is 1. The molecule has 140 valence electrons. The SMILES string of the molecule is N#CCN(CCCc1ccccc1)C(=O)C(CC1CCCCC1)C(N)=O. The zero-order chi connectivity index (χ0) is 18.8. The summed E-state index contributed by atoms with van der Waals surface area (Å²) in [4.78, 5) is 26.3. The molecule has 5 heteroatoms. The molecule has 1 fully saturated rings. The summed E-state index contributed by atoms with van der Waals surface area (Å²) >= 11 is 0. The van der Waals surface area contributed by atoms with E-state index in [0.717, 1.165) is 38.5 Å². The van der Waals surface area contributed by atoms with E-state index in [-0.39, 0.29) is 12.5 Å². The summed E-state index contributed by atoms with van der Waals surface area (Å²) in [5.74, 6) is -1.26. The van der Waals surface area contributed by atoms with Crippen LogP contribution in [0.4, 0.5) is 0 Å². The summed E-state index contributed by atoms with van der Waals surface area (Å²) in [5, 5.41) is 9.08. The minimum absolute atomic E-state index is 0.00205. The van der Waals surface area contributed by atoms with Gasteiger partial charge in [-0.2, -0.15) is 5.26 Å². The smallest absolute Gasteiger partial charge is 0.235 e. The fourth-order valence-electron chi connectivity index (χ4n) is 3.79. The number of carbonyl (C=O) groups excluding carboxylic acids is 2. The summed E-state index contributed by atoms with van der Waals surface area (Å²) in [5.41, 5.74) is 6.74. The van der Waals surface area contributed by atoms with Gasteiger partial charge in [-0.05, 0) is 30.7 Å². The number of hydrogen-bond donors (Lipinski definition) is 1. The lowest BCUT2D eigenvalue weighted by Gasteiger charge is -2.28. The Balaban J connectivity index is 1.94. The van der Waals surface area contributed by atoms with Gasteiger partial charge in [0.25, 0.3) is 0 Å². The molecule has 0 aliphatic heterocycles. The summed E-state index contributed by atoms with van der Waals surface area (Å²) in [6.07, 6.45) is 7.77. The maximum Gasteiger partial charge on any atom is 0.235 e. The Hall–Kier alpha value is -2.35. The van der Waals surface area contributed by atoms with Crippen LogP contribution in [-0.2, 0) is 16.0 Å². The van der Waals surface area contributed by atoms with Crippen LogP contribution in [0.1, 0.15) is 50.5 Å². The Morgan fingerprint density at radius 2 is 1.88 bits per heavy atom. The van der Waals surface area contributed by atoms with Crippen molar-refractivity contribution < 1.29 is 9.59 Å². The summed E-state index contributed by atoms with van der Waals surface area (Å²) < 4.78 is 0. The molecular weight excluding hydrogens is 326 g/mol. The number of carbonyl (C=O) groups is 2. The normalized spacial score (nSPS) is 15.8. The topological polar surface area (TPSA) is 87.2 Å². The van der Waals surface area contributed by atoms with E-state index < -0.39 is 11.8 Å². The number of nitriles is 1. The highest BCUT2D eigenvalue weighted by molar-refractivity contribution is 5.99. The number of benzene rings is 1. The van der Waals surface area contributed by atoms with Gasteiger partial charge in [0.2, 0.25) is 11.8 Å². The molecule has 1 aliphatic rings. The van der Waals surface area contributed by atoms with E-state index in [1.165, 1.54) is 16.9 Å².